The first-order chi connectivity index (χ1) is 14.1. The number of piperidine rings is 1. The number of nitrogens with two attached hydrogens (primary N) is 1. The normalized spacial score (nSPS) is 18.3. The summed E-state index contributed by atoms with van der Waals surface area (Å²) in [7, 11) is 0. The zero-order valence-corrected chi connectivity index (χ0v) is 17.7. The minimum atomic E-state index is -0.713. The van der Waals surface area contributed by atoms with Crippen LogP contribution in [0.15, 0.2) is 24.3 Å². The molecule has 3 amide bonds. The number of primary amides is 1. The van der Waals surface area contributed by atoms with Gasteiger partial charge >= 0.3 is 6.09 Å². The van der Waals surface area contributed by atoms with Crippen molar-refractivity contribution in [1.29, 1.82) is 0 Å². The van der Waals surface area contributed by atoms with E-state index < -0.39 is 29.5 Å². The lowest BCUT2D eigenvalue weighted by molar-refractivity contribution is -0.130. The second kappa shape index (κ2) is 10.4. The number of nitrogens with one attached hydrogen (secondary N) is 2. The van der Waals surface area contributed by atoms with Crippen LogP contribution in [0.2, 0.25) is 0 Å². The lowest BCUT2D eigenvalue weighted by Gasteiger charge is -2.36. The highest BCUT2D eigenvalue weighted by Gasteiger charge is 2.33. The molecule has 0 spiro atoms. The second-order valence-electron chi connectivity index (χ2n) is 8.41. The molecule has 2 rings (SSSR count). The largest absolute Gasteiger partial charge is 0.444 e. The molecule has 0 bridgehead atoms. The van der Waals surface area contributed by atoms with Crippen LogP contribution in [0.25, 0.3) is 0 Å². The highest BCUT2D eigenvalue weighted by Crippen LogP contribution is 2.27. The van der Waals surface area contributed by atoms with E-state index in [-0.39, 0.29) is 24.9 Å². The standard InChI is InChI=1S/C21H31FN4O4/c1-21(2,3)30-20(29)25-11-10-24-19(28)15-5-4-12-26(13-15)17(18(23)27)14-6-8-16(22)9-7-14/h6-9,15,17H,4-5,10-13H2,1-3H3,(H2,23,27)(H,24,28)(H,25,29). The summed E-state index contributed by atoms with van der Waals surface area (Å²) in [5, 5.41) is 5.39. The minimum Gasteiger partial charge on any atom is -0.444 e. The van der Waals surface area contributed by atoms with Crippen molar-refractivity contribution in [2.24, 2.45) is 11.7 Å². The number of nitrogens with zero attached hydrogens (tertiary/aromatic N) is 1. The van der Waals surface area contributed by atoms with Gasteiger partial charge in [0.2, 0.25) is 11.8 Å². The summed E-state index contributed by atoms with van der Waals surface area (Å²) in [4.78, 5) is 38.1. The van der Waals surface area contributed by atoms with Crippen LogP contribution in [0.4, 0.5) is 9.18 Å². The minimum absolute atomic E-state index is 0.145. The molecule has 1 aliphatic rings. The summed E-state index contributed by atoms with van der Waals surface area (Å²) in [6.45, 7) is 6.82. The fourth-order valence-corrected chi connectivity index (χ4v) is 3.46. The number of benzene rings is 1. The number of likely N-dealkylation sites (tertiary alicyclic amines) is 1. The monoisotopic (exact) mass is 422 g/mol. The van der Waals surface area contributed by atoms with Gasteiger partial charge in [-0.1, -0.05) is 12.1 Å². The molecule has 1 heterocycles. The molecule has 166 valence electrons. The Hall–Kier alpha value is -2.68. The molecule has 4 N–H and O–H groups in total. The first-order valence-electron chi connectivity index (χ1n) is 10.1. The van der Waals surface area contributed by atoms with E-state index >= 15 is 0 Å². The van der Waals surface area contributed by atoms with Gasteiger partial charge in [-0.05, 0) is 57.9 Å². The van der Waals surface area contributed by atoms with E-state index in [1.54, 1.807) is 20.8 Å². The molecular weight excluding hydrogens is 391 g/mol. The van der Waals surface area contributed by atoms with Crippen LogP contribution >= 0.6 is 0 Å². The molecule has 0 aromatic heterocycles. The van der Waals surface area contributed by atoms with E-state index in [1.807, 2.05) is 4.90 Å². The predicted octanol–water partition coefficient (Wildman–Crippen LogP) is 1.71. The number of hydrogen-bond donors (Lipinski definition) is 3. The van der Waals surface area contributed by atoms with E-state index in [0.717, 1.165) is 6.42 Å². The molecule has 9 heteroatoms. The molecule has 8 nitrogen and oxygen atoms in total. The molecule has 1 saturated heterocycles. The van der Waals surface area contributed by atoms with Crippen molar-refractivity contribution in [1.82, 2.24) is 15.5 Å². The van der Waals surface area contributed by atoms with Crippen molar-refractivity contribution >= 4 is 17.9 Å². The molecule has 0 saturated carbocycles. The Bertz CT molecular complexity index is 748. The number of carbonyl (C=O) groups excluding carboxylic acids is 3. The molecule has 1 fully saturated rings. The number of ether oxygens (including phenoxy) is 1. The molecule has 0 radical (unpaired) electrons. The Morgan fingerprint density at radius 2 is 1.83 bits per heavy atom. The summed E-state index contributed by atoms with van der Waals surface area (Å²) in [6, 6.07) is 4.94. The average Bonchev–Trinajstić information content (AvgIpc) is 2.65. The van der Waals surface area contributed by atoms with Gasteiger partial charge in [-0.2, -0.15) is 0 Å². The average molecular weight is 423 g/mol. The molecule has 30 heavy (non-hydrogen) atoms. The van der Waals surface area contributed by atoms with Crippen molar-refractivity contribution in [2.45, 2.75) is 45.3 Å². The van der Waals surface area contributed by atoms with Gasteiger partial charge in [0.1, 0.15) is 17.5 Å². The molecular formula is C21H31FN4O4. The maximum Gasteiger partial charge on any atom is 0.407 e. The van der Waals surface area contributed by atoms with E-state index in [4.69, 9.17) is 10.5 Å². The number of carbonyl (C=O) groups is 3. The smallest absolute Gasteiger partial charge is 0.407 e. The third-order valence-electron chi connectivity index (χ3n) is 4.74. The predicted molar refractivity (Wildman–Crippen MR) is 110 cm³/mol. The van der Waals surface area contributed by atoms with Gasteiger partial charge in [0.15, 0.2) is 0 Å². The van der Waals surface area contributed by atoms with Gasteiger partial charge in [0.25, 0.3) is 0 Å². The van der Waals surface area contributed by atoms with Crippen molar-refractivity contribution in [3.8, 4) is 0 Å². The topological polar surface area (TPSA) is 114 Å². The maximum absolute atomic E-state index is 13.2. The van der Waals surface area contributed by atoms with Crippen LogP contribution in [-0.4, -0.2) is 54.6 Å². The first-order valence-corrected chi connectivity index (χ1v) is 10.1. The lowest BCUT2D eigenvalue weighted by atomic mass is 9.93. The number of hydrogen-bond acceptors (Lipinski definition) is 5. The number of alkyl carbamates (subject to hydrolysis) is 1. The van der Waals surface area contributed by atoms with E-state index in [9.17, 15) is 18.8 Å². The molecule has 0 aliphatic carbocycles. The van der Waals surface area contributed by atoms with E-state index in [2.05, 4.69) is 10.6 Å². The number of amides is 3. The Morgan fingerprint density at radius 1 is 1.20 bits per heavy atom. The van der Waals surface area contributed by atoms with E-state index in [1.165, 1.54) is 24.3 Å². The van der Waals surface area contributed by atoms with Gasteiger partial charge in [0, 0.05) is 19.6 Å². The van der Waals surface area contributed by atoms with Crippen LogP contribution in [0.5, 0.6) is 0 Å². The molecule has 1 aliphatic heterocycles. The summed E-state index contributed by atoms with van der Waals surface area (Å²) >= 11 is 0. The molecule has 2 atom stereocenters. The first kappa shape index (κ1) is 23.6. The van der Waals surface area contributed by atoms with Crippen molar-refractivity contribution in [3.63, 3.8) is 0 Å². The van der Waals surface area contributed by atoms with Gasteiger partial charge in [-0.3, -0.25) is 14.5 Å². The molecule has 1 aromatic rings. The summed E-state index contributed by atoms with van der Waals surface area (Å²) in [5.74, 6) is -1.38. The fraction of sp³-hybridized carbons (Fsp3) is 0.571. The summed E-state index contributed by atoms with van der Waals surface area (Å²) < 4.78 is 18.4. The number of halogens is 1. The highest BCUT2D eigenvalue weighted by atomic mass is 19.1. The number of rotatable bonds is 7. The van der Waals surface area contributed by atoms with Crippen molar-refractivity contribution < 1.29 is 23.5 Å². The quantitative estimate of drug-likeness (QED) is 0.579. The van der Waals surface area contributed by atoms with Crippen LogP contribution in [-0.2, 0) is 14.3 Å². The van der Waals surface area contributed by atoms with Gasteiger partial charge in [-0.15, -0.1) is 0 Å². The van der Waals surface area contributed by atoms with Gasteiger partial charge in [0.05, 0.1) is 5.92 Å². The SMILES string of the molecule is CC(C)(C)OC(=O)NCCNC(=O)C1CCCN(C(C(N)=O)c2ccc(F)cc2)C1. The fourth-order valence-electron chi connectivity index (χ4n) is 3.46. The third-order valence-corrected chi connectivity index (χ3v) is 4.74. The van der Waals surface area contributed by atoms with Gasteiger partial charge < -0.3 is 21.1 Å². The Kier molecular flexibility index (Phi) is 8.16. The Labute approximate surface area is 176 Å². The zero-order chi connectivity index (χ0) is 22.3. The van der Waals surface area contributed by atoms with Crippen molar-refractivity contribution in [2.75, 3.05) is 26.2 Å². The Balaban J connectivity index is 1.87. The lowest BCUT2D eigenvalue weighted by Crippen LogP contribution is -2.48. The Morgan fingerprint density at radius 3 is 2.43 bits per heavy atom. The van der Waals surface area contributed by atoms with E-state index in [0.29, 0.717) is 25.1 Å². The van der Waals surface area contributed by atoms with Crippen LogP contribution < -0.4 is 16.4 Å². The van der Waals surface area contributed by atoms with Crippen LogP contribution in [0.1, 0.15) is 45.2 Å². The zero-order valence-electron chi connectivity index (χ0n) is 17.7. The second-order valence-corrected chi connectivity index (χ2v) is 8.41. The highest BCUT2D eigenvalue weighted by molar-refractivity contribution is 5.82. The summed E-state index contributed by atoms with van der Waals surface area (Å²) in [5.41, 5.74) is 5.62. The maximum atomic E-state index is 13.2. The van der Waals surface area contributed by atoms with Gasteiger partial charge in [-0.25, -0.2) is 9.18 Å². The van der Waals surface area contributed by atoms with Crippen LogP contribution in [0.3, 0.4) is 0 Å². The molecule has 2 unspecified atom stereocenters. The molecule has 1 aromatic carbocycles. The van der Waals surface area contributed by atoms with Crippen LogP contribution in [0, 0.1) is 11.7 Å². The summed E-state index contributed by atoms with van der Waals surface area (Å²) in [6.07, 6.45) is 0.889. The van der Waals surface area contributed by atoms with Crippen molar-refractivity contribution in [3.05, 3.63) is 35.6 Å². The third kappa shape index (κ3) is 7.29.